The maximum Gasteiger partial charge on any atom is 0.253 e. The number of nitrogens with zero attached hydrogens (tertiary/aromatic N) is 3. The SMILES string of the molecule is Cc1nc(COc2ccc(C(=O)N3CCC(C(O)c4ccccc4)CC3)cc2)no1. The molecule has 1 atom stereocenters. The number of ether oxygens (including phenoxy) is 1. The molecule has 1 fully saturated rings. The number of benzene rings is 2. The van der Waals surface area contributed by atoms with Crippen molar-refractivity contribution in [2.45, 2.75) is 32.5 Å². The number of amides is 1. The van der Waals surface area contributed by atoms with Crippen molar-refractivity contribution in [2.75, 3.05) is 13.1 Å². The lowest BCUT2D eigenvalue weighted by Crippen LogP contribution is -2.39. The van der Waals surface area contributed by atoms with Crippen molar-refractivity contribution in [3.05, 3.63) is 77.4 Å². The van der Waals surface area contributed by atoms with Gasteiger partial charge in [0.2, 0.25) is 11.7 Å². The monoisotopic (exact) mass is 407 g/mol. The molecule has 1 unspecified atom stereocenters. The van der Waals surface area contributed by atoms with Crippen LogP contribution < -0.4 is 4.74 Å². The number of hydrogen-bond acceptors (Lipinski definition) is 6. The van der Waals surface area contributed by atoms with Crippen molar-refractivity contribution in [2.24, 2.45) is 5.92 Å². The molecule has 1 aromatic heterocycles. The Balaban J connectivity index is 1.29. The minimum atomic E-state index is -0.483. The van der Waals surface area contributed by atoms with E-state index in [-0.39, 0.29) is 18.4 Å². The van der Waals surface area contributed by atoms with Crippen LogP contribution in [0.25, 0.3) is 0 Å². The first-order valence-electron chi connectivity index (χ1n) is 10.1. The van der Waals surface area contributed by atoms with Gasteiger partial charge in [0, 0.05) is 25.6 Å². The number of aryl methyl sites for hydroxylation is 1. The number of hydrogen-bond donors (Lipinski definition) is 1. The maximum atomic E-state index is 12.8. The number of aliphatic hydroxyl groups excluding tert-OH is 1. The highest BCUT2D eigenvalue weighted by molar-refractivity contribution is 5.94. The number of carbonyl (C=O) groups is 1. The Bertz CT molecular complexity index is 964. The standard InChI is InChI=1S/C23H25N3O4/c1-16-24-21(25-30-16)15-29-20-9-7-19(8-10-20)23(28)26-13-11-18(12-14-26)22(27)17-5-3-2-4-6-17/h2-10,18,22,27H,11-15H2,1H3. The Hall–Kier alpha value is -3.19. The molecule has 1 saturated heterocycles. The van der Waals surface area contributed by atoms with E-state index in [9.17, 15) is 9.90 Å². The van der Waals surface area contributed by atoms with Gasteiger partial charge in [-0.15, -0.1) is 0 Å². The zero-order valence-corrected chi connectivity index (χ0v) is 16.9. The van der Waals surface area contributed by atoms with E-state index >= 15 is 0 Å². The number of carbonyl (C=O) groups excluding carboxylic acids is 1. The first-order valence-corrected chi connectivity index (χ1v) is 10.1. The summed E-state index contributed by atoms with van der Waals surface area (Å²) in [5.74, 6) is 1.78. The minimum absolute atomic E-state index is 0.00277. The second-order valence-corrected chi connectivity index (χ2v) is 7.53. The van der Waals surface area contributed by atoms with Crippen molar-refractivity contribution >= 4 is 5.91 Å². The number of aliphatic hydroxyl groups is 1. The Labute approximate surface area is 175 Å². The van der Waals surface area contributed by atoms with Crippen LogP contribution in [0.1, 0.15) is 46.6 Å². The predicted molar refractivity (Wildman–Crippen MR) is 110 cm³/mol. The van der Waals surface area contributed by atoms with E-state index in [1.807, 2.05) is 35.2 Å². The van der Waals surface area contributed by atoms with Crippen molar-refractivity contribution in [1.82, 2.24) is 15.0 Å². The van der Waals surface area contributed by atoms with Crippen LogP contribution >= 0.6 is 0 Å². The number of aromatic nitrogens is 2. The lowest BCUT2D eigenvalue weighted by atomic mass is 9.87. The third-order valence-corrected chi connectivity index (χ3v) is 5.45. The van der Waals surface area contributed by atoms with Crippen LogP contribution in [0.5, 0.6) is 5.75 Å². The molecule has 156 valence electrons. The van der Waals surface area contributed by atoms with Gasteiger partial charge in [-0.3, -0.25) is 4.79 Å². The first kappa shape index (κ1) is 20.1. The van der Waals surface area contributed by atoms with Crippen LogP contribution in [0.15, 0.2) is 59.1 Å². The van der Waals surface area contributed by atoms with Crippen LogP contribution in [0.4, 0.5) is 0 Å². The third kappa shape index (κ3) is 4.68. The molecule has 30 heavy (non-hydrogen) atoms. The van der Waals surface area contributed by atoms with E-state index in [1.54, 1.807) is 31.2 Å². The highest BCUT2D eigenvalue weighted by atomic mass is 16.5. The summed E-state index contributed by atoms with van der Waals surface area (Å²) >= 11 is 0. The first-order chi connectivity index (χ1) is 14.6. The molecule has 0 bridgehead atoms. The van der Waals surface area contributed by atoms with E-state index < -0.39 is 6.10 Å². The molecule has 2 heterocycles. The molecule has 7 nitrogen and oxygen atoms in total. The van der Waals surface area contributed by atoms with Crippen molar-refractivity contribution in [3.8, 4) is 5.75 Å². The van der Waals surface area contributed by atoms with Crippen LogP contribution in [0.3, 0.4) is 0 Å². The van der Waals surface area contributed by atoms with E-state index in [4.69, 9.17) is 9.26 Å². The average molecular weight is 407 g/mol. The Morgan fingerprint density at radius 1 is 1.17 bits per heavy atom. The smallest absolute Gasteiger partial charge is 0.253 e. The summed E-state index contributed by atoms with van der Waals surface area (Å²) in [6, 6.07) is 16.8. The summed E-state index contributed by atoms with van der Waals surface area (Å²) in [4.78, 5) is 18.8. The molecule has 1 amide bonds. The van der Waals surface area contributed by atoms with Gasteiger partial charge in [0.05, 0.1) is 6.10 Å². The largest absolute Gasteiger partial charge is 0.485 e. The summed E-state index contributed by atoms with van der Waals surface area (Å²) < 4.78 is 10.5. The molecule has 0 spiro atoms. The van der Waals surface area contributed by atoms with Gasteiger partial charge in [0.1, 0.15) is 5.75 Å². The summed E-state index contributed by atoms with van der Waals surface area (Å²) in [7, 11) is 0. The summed E-state index contributed by atoms with van der Waals surface area (Å²) in [6.45, 7) is 3.22. The van der Waals surface area contributed by atoms with Gasteiger partial charge < -0.3 is 19.3 Å². The van der Waals surface area contributed by atoms with Gasteiger partial charge in [-0.25, -0.2) is 0 Å². The fourth-order valence-corrected chi connectivity index (χ4v) is 3.76. The van der Waals surface area contributed by atoms with Crippen molar-refractivity contribution in [3.63, 3.8) is 0 Å². The van der Waals surface area contributed by atoms with E-state index in [0.29, 0.717) is 36.1 Å². The van der Waals surface area contributed by atoms with Gasteiger partial charge in [-0.2, -0.15) is 4.98 Å². The molecule has 7 heteroatoms. The van der Waals surface area contributed by atoms with Crippen LogP contribution in [0, 0.1) is 12.8 Å². The maximum absolute atomic E-state index is 12.8. The molecule has 1 aliphatic rings. The average Bonchev–Trinajstić information content (AvgIpc) is 3.23. The zero-order valence-electron chi connectivity index (χ0n) is 16.9. The zero-order chi connectivity index (χ0) is 20.9. The van der Waals surface area contributed by atoms with Crippen molar-refractivity contribution < 1.29 is 19.2 Å². The summed E-state index contributed by atoms with van der Waals surface area (Å²) in [6.07, 6.45) is 1.09. The molecule has 1 aliphatic heterocycles. The summed E-state index contributed by atoms with van der Waals surface area (Å²) in [5, 5.41) is 14.4. The Morgan fingerprint density at radius 2 is 1.87 bits per heavy atom. The van der Waals surface area contributed by atoms with Gasteiger partial charge in [-0.1, -0.05) is 35.5 Å². The molecule has 0 radical (unpaired) electrons. The second-order valence-electron chi connectivity index (χ2n) is 7.53. The quantitative estimate of drug-likeness (QED) is 0.672. The number of rotatable bonds is 6. The van der Waals surface area contributed by atoms with Gasteiger partial charge >= 0.3 is 0 Å². The van der Waals surface area contributed by atoms with Crippen molar-refractivity contribution in [1.29, 1.82) is 0 Å². The number of piperidine rings is 1. The molecular weight excluding hydrogens is 382 g/mol. The van der Waals surface area contributed by atoms with E-state index in [0.717, 1.165) is 18.4 Å². The fraction of sp³-hybridized carbons (Fsp3) is 0.348. The van der Waals surface area contributed by atoms with Crippen LogP contribution in [-0.2, 0) is 6.61 Å². The lowest BCUT2D eigenvalue weighted by Gasteiger charge is -2.34. The highest BCUT2D eigenvalue weighted by Gasteiger charge is 2.28. The van der Waals surface area contributed by atoms with Gasteiger partial charge in [0.15, 0.2) is 6.61 Å². The Morgan fingerprint density at radius 3 is 2.50 bits per heavy atom. The van der Waals surface area contributed by atoms with E-state index in [1.165, 1.54) is 0 Å². The second kappa shape index (κ2) is 9.09. The molecule has 3 aromatic rings. The molecule has 0 aliphatic carbocycles. The third-order valence-electron chi connectivity index (χ3n) is 5.45. The summed E-state index contributed by atoms with van der Waals surface area (Å²) in [5.41, 5.74) is 1.56. The van der Waals surface area contributed by atoms with Crippen LogP contribution in [-0.4, -0.2) is 39.1 Å². The van der Waals surface area contributed by atoms with Crippen LogP contribution in [0.2, 0.25) is 0 Å². The predicted octanol–water partition coefficient (Wildman–Crippen LogP) is 3.54. The highest BCUT2D eigenvalue weighted by Crippen LogP contribution is 2.31. The normalized spacial score (nSPS) is 15.7. The number of likely N-dealkylation sites (tertiary alicyclic amines) is 1. The molecular formula is C23H25N3O4. The molecule has 4 rings (SSSR count). The van der Waals surface area contributed by atoms with E-state index in [2.05, 4.69) is 10.1 Å². The molecule has 2 aromatic carbocycles. The Kier molecular flexibility index (Phi) is 6.09. The van der Waals surface area contributed by atoms with Gasteiger partial charge in [0.25, 0.3) is 5.91 Å². The molecule has 0 saturated carbocycles. The lowest BCUT2D eigenvalue weighted by molar-refractivity contribution is 0.0462. The van der Waals surface area contributed by atoms with Gasteiger partial charge in [-0.05, 0) is 48.6 Å². The molecule has 1 N–H and O–H groups in total. The minimum Gasteiger partial charge on any atom is -0.485 e. The fourth-order valence-electron chi connectivity index (χ4n) is 3.76. The topological polar surface area (TPSA) is 88.7 Å².